The van der Waals surface area contributed by atoms with E-state index < -0.39 is 6.17 Å². The Morgan fingerprint density at radius 2 is 2.04 bits per heavy atom. The molecule has 5 heteroatoms. The monoisotopic (exact) mass is 380 g/mol. The predicted octanol–water partition coefficient (Wildman–Crippen LogP) is 4.45. The number of carbonyl (C=O) groups excluding carboxylic acids is 1. The number of amides is 1. The van der Waals surface area contributed by atoms with Gasteiger partial charge in [-0.3, -0.25) is 4.79 Å². The van der Waals surface area contributed by atoms with Gasteiger partial charge in [0, 0.05) is 17.5 Å². The third-order valence-corrected chi connectivity index (χ3v) is 5.64. The minimum absolute atomic E-state index is 0.221. The second-order valence-corrected chi connectivity index (χ2v) is 7.75. The molecule has 0 aromatic heterocycles. The molecular formula is C23H25FN2O2. The minimum Gasteiger partial charge on any atom is -0.351 e. The van der Waals surface area contributed by atoms with Gasteiger partial charge in [-0.2, -0.15) is 4.91 Å². The first-order valence-electron chi connectivity index (χ1n) is 9.99. The molecule has 0 aliphatic heterocycles. The highest BCUT2D eigenvalue weighted by Gasteiger charge is 2.33. The zero-order valence-electron chi connectivity index (χ0n) is 16.0. The number of hydrogen-bond acceptors (Lipinski definition) is 3. The number of halogens is 1. The summed E-state index contributed by atoms with van der Waals surface area (Å²) in [6.45, 7) is 0.683. The Morgan fingerprint density at radius 3 is 2.71 bits per heavy atom. The van der Waals surface area contributed by atoms with Crippen molar-refractivity contribution in [2.75, 3.05) is 13.1 Å². The van der Waals surface area contributed by atoms with E-state index in [1.165, 1.54) is 6.42 Å². The normalized spacial score (nSPS) is 22.9. The lowest BCUT2D eigenvalue weighted by atomic mass is 9.74. The van der Waals surface area contributed by atoms with Gasteiger partial charge in [0.15, 0.2) is 0 Å². The van der Waals surface area contributed by atoms with Crippen LogP contribution >= 0.6 is 0 Å². The number of rotatable bonds is 5. The van der Waals surface area contributed by atoms with Crippen molar-refractivity contribution in [2.24, 2.45) is 10.6 Å². The molecule has 3 aliphatic carbocycles. The largest absolute Gasteiger partial charge is 0.351 e. The summed E-state index contributed by atoms with van der Waals surface area (Å²) >= 11 is 0. The van der Waals surface area contributed by atoms with Gasteiger partial charge in [0.2, 0.25) is 0 Å². The van der Waals surface area contributed by atoms with Gasteiger partial charge < -0.3 is 5.32 Å². The predicted molar refractivity (Wildman–Crippen MR) is 107 cm³/mol. The first-order valence-corrected chi connectivity index (χ1v) is 9.99. The summed E-state index contributed by atoms with van der Waals surface area (Å²) in [5, 5.41) is 6.02. The zero-order chi connectivity index (χ0) is 19.8. The zero-order valence-corrected chi connectivity index (χ0v) is 16.0. The van der Waals surface area contributed by atoms with Crippen LogP contribution in [0.15, 0.2) is 51.6 Å². The fourth-order valence-corrected chi connectivity index (χ4v) is 3.89. The summed E-state index contributed by atoms with van der Waals surface area (Å²) in [6, 6.07) is 0. The van der Waals surface area contributed by atoms with Gasteiger partial charge >= 0.3 is 0 Å². The van der Waals surface area contributed by atoms with E-state index in [-0.39, 0.29) is 17.9 Å². The van der Waals surface area contributed by atoms with E-state index in [2.05, 4.69) is 33.8 Å². The van der Waals surface area contributed by atoms with E-state index in [4.69, 9.17) is 0 Å². The SMILES string of the molecule is O=NCC1(CNC(=O)C2=C=C=C(C#CC3=CCCCC3F)C=C2)CCCCC1. The molecule has 1 saturated carbocycles. The average molecular weight is 380 g/mol. The number of nitrogens with one attached hydrogen (secondary N) is 1. The van der Waals surface area contributed by atoms with Gasteiger partial charge in [-0.1, -0.05) is 53.8 Å². The van der Waals surface area contributed by atoms with Crippen LogP contribution in [0.4, 0.5) is 4.39 Å². The third kappa shape index (κ3) is 5.20. The van der Waals surface area contributed by atoms with Crippen molar-refractivity contribution >= 4 is 5.91 Å². The summed E-state index contributed by atoms with van der Waals surface area (Å²) in [7, 11) is 0. The Labute approximate surface area is 165 Å². The molecule has 0 spiro atoms. The van der Waals surface area contributed by atoms with Crippen LogP contribution in [-0.4, -0.2) is 25.2 Å². The number of allylic oxidation sites excluding steroid dienone is 4. The van der Waals surface area contributed by atoms with Gasteiger partial charge in [0.05, 0.1) is 17.7 Å². The van der Waals surface area contributed by atoms with Crippen molar-refractivity contribution in [2.45, 2.75) is 57.5 Å². The number of alkyl halides is 1. The number of nitrogens with zero attached hydrogens (tertiary/aromatic N) is 1. The van der Waals surface area contributed by atoms with Crippen molar-refractivity contribution in [1.29, 1.82) is 0 Å². The van der Waals surface area contributed by atoms with Gasteiger partial charge in [0.1, 0.15) is 6.17 Å². The van der Waals surface area contributed by atoms with Gasteiger partial charge in [-0.15, -0.1) is 0 Å². The van der Waals surface area contributed by atoms with E-state index in [0.717, 1.165) is 38.5 Å². The molecule has 0 aromatic carbocycles. The van der Waals surface area contributed by atoms with Crippen LogP contribution in [0.25, 0.3) is 0 Å². The molecule has 0 saturated heterocycles. The van der Waals surface area contributed by atoms with Crippen LogP contribution in [0.5, 0.6) is 0 Å². The molecule has 0 radical (unpaired) electrons. The third-order valence-electron chi connectivity index (χ3n) is 5.64. The maximum Gasteiger partial charge on any atom is 0.259 e. The highest BCUT2D eigenvalue weighted by molar-refractivity contribution is 5.96. The molecule has 0 aromatic rings. The summed E-state index contributed by atoms with van der Waals surface area (Å²) in [6.07, 6.45) is 11.6. The fraction of sp³-hybridized carbons (Fsp3) is 0.522. The highest BCUT2D eigenvalue weighted by atomic mass is 19.1. The maximum absolute atomic E-state index is 13.8. The van der Waals surface area contributed by atoms with Crippen molar-refractivity contribution in [3.63, 3.8) is 0 Å². The summed E-state index contributed by atoms with van der Waals surface area (Å²) < 4.78 is 13.8. The minimum atomic E-state index is -0.983. The van der Waals surface area contributed by atoms with E-state index >= 15 is 0 Å². The van der Waals surface area contributed by atoms with Crippen LogP contribution in [0, 0.1) is 22.2 Å². The summed E-state index contributed by atoms with van der Waals surface area (Å²) in [5.74, 6) is 5.52. The molecule has 3 rings (SSSR count). The second-order valence-electron chi connectivity index (χ2n) is 7.75. The van der Waals surface area contributed by atoms with Crippen molar-refractivity contribution in [3.05, 3.63) is 51.3 Å². The van der Waals surface area contributed by atoms with Crippen LogP contribution in [-0.2, 0) is 4.79 Å². The van der Waals surface area contributed by atoms with E-state index in [9.17, 15) is 14.1 Å². The van der Waals surface area contributed by atoms with E-state index in [1.807, 2.05) is 6.08 Å². The Morgan fingerprint density at radius 1 is 1.21 bits per heavy atom. The molecule has 1 amide bonds. The number of nitroso groups, excluding NO2 is 1. The Hall–Kier alpha value is -2.66. The van der Waals surface area contributed by atoms with Gasteiger partial charge in [0.25, 0.3) is 5.91 Å². The fourth-order valence-electron chi connectivity index (χ4n) is 3.89. The van der Waals surface area contributed by atoms with Crippen LogP contribution < -0.4 is 5.32 Å². The second kappa shape index (κ2) is 9.51. The summed E-state index contributed by atoms with van der Waals surface area (Å²) in [5.41, 5.74) is 6.95. The lowest BCUT2D eigenvalue weighted by Crippen LogP contribution is -2.41. The smallest absolute Gasteiger partial charge is 0.259 e. The van der Waals surface area contributed by atoms with Crippen LogP contribution in [0.3, 0.4) is 0 Å². The first kappa shape index (κ1) is 20.1. The highest BCUT2D eigenvalue weighted by Crippen LogP contribution is 2.36. The lowest BCUT2D eigenvalue weighted by molar-refractivity contribution is -0.117. The lowest BCUT2D eigenvalue weighted by Gasteiger charge is -2.35. The summed E-state index contributed by atoms with van der Waals surface area (Å²) in [4.78, 5) is 23.2. The standard InChI is InChI=1S/C23H25FN2O2/c24-21-7-3-2-6-19(21)11-8-18-9-12-20(13-10-18)22(27)25-16-23(17-26-28)14-4-1-5-15-23/h6,9,12,21H,1-5,7,14-17H2,(H,25,27). The van der Waals surface area contributed by atoms with Gasteiger partial charge in [-0.05, 0) is 44.3 Å². The van der Waals surface area contributed by atoms with Gasteiger partial charge in [-0.25, -0.2) is 4.39 Å². The van der Waals surface area contributed by atoms with Crippen molar-refractivity contribution in [1.82, 2.24) is 5.32 Å². The molecule has 1 fully saturated rings. The molecule has 0 bridgehead atoms. The van der Waals surface area contributed by atoms with Crippen molar-refractivity contribution in [3.8, 4) is 11.8 Å². The Kier molecular flexibility index (Phi) is 6.82. The molecule has 1 atom stereocenters. The number of carbonyl (C=O) groups is 1. The Balaban J connectivity index is 1.65. The van der Waals surface area contributed by atoms with Crippen LogP contribution in [0.2, 0.25) is 0 Å². The molecule has 3 aliphatic rings. The molecular weight excluding hydrogens is 355 g/mol. The topological polar surface area (TPSA) is 58.5 Å². The quantitative estimate of drug-likeness (QED) is 0.435. The molecule has 1 unspecified atom stereocenters. The number of hydrogen-bond donors (Lipinski definition) is 1. The molecule has 4 nitrogen and oxygen atoms in total. The molecule has 146 valence electrons. The molecule has 1 N–H and O–H groups in total. The average Bonchev–Trinajstić information content (AvgIpc) is 2.73. The maximum atomic E-state index is 13.8. The van der Waals surface area contributed by atoms with E-state index in [1.54, 1.807) is 12.2 Å². The molecule has 28 heavy (non-hydrogen) atoms. The molecule has 0 heterocycles. The van der Waals surface area contributed by atoms with Crippen LogP contribution in [0.1, 0.15) is 51.4 Å². The van der Waals surface area contributed by atoms with Crippen molar-refractivity contribution < 1.29 is 9.18 Å². The van der Waals surface area contributed by atoms with E-state index in [0.29, 0.717) is 29.7 Å². The Bertz CT molecular complexity index is 853. The first-order chi connectivity index (χ1) is 13.6.